The maximum atomic E-state index is 12.1. The second kappa shape index (κ2) is 7.33. The van der Waals surface area contributed by atoms with Crippen LogP contribution in [-0.2, 0) is 21.4 Å². The predicted molar refractivity (Wildman–Crippen MR) is 95.6 cm³/mol. The first kappa shape index (κ1) is 18.2. The number of carbonyl (C=O) groups excluding carboxylic acids is 1. The van der Waals surface area contributed by atoms with Gasteiger partial charge < -0.3 is 10.1 Å². The van der Waals surface area contributed by atoms with Crippen molar-refractivity contribution in [1.82, 2.24) is 9.62 Å². The first-order chi connectivity index (χ1) is 11.8. The lowest BCUT2D eigenvalue weighted by Crippen LogP contribution is -2.40. The summed E-state index contributed by atoms with van der Waals surface area (Å²) in [5.74, 6) is 1.99. The van der Waals surface area contributed by atoms with E-state index < -0.39 is 10.0 Å². The van der Waals surface area contributed by atoms with Gasteiger partial charge in [-0.05, 0) is 48.8 Å². The summed E-state index contributed by atoms with van der Waals surface area (Å²) in [5, 5.41) is 3.10. The van der Waals surface area contributed by atoms with E-state index in [1.165, 1.54) is 29.8 Å². The Morgan fingerprint density at radius 1 is 1.24 bits per heavy atom. The summed E-state index contributed by atoms with van der Waals surface area (Å²) in [6, 6.07) is 7.46. The summed E-state index contributed by atoms with van der Waals surface area (Å²) < 4.78 is 29.7. The van der Waals surface area contributed by atoms with Crippen LogP contribution in [0.4, 0.5) is 0 Å². The lowest BCUT2D eigenvalue weighted by molar-refractivity contribution is -0.124. The van der Waals surface area contributed by atoms with Crippen molar-refractivity contribution in [2.75, 3.05) is 19.9 Å². The fourth-order valence-electron chi connectivity index (χ4n) is 3.88. The molecule has 2 aliphatic rings. The average Bonchev–Trinajstić information content (AvgIpc) is 3.16. The molecular formula is C18H26N2O4S. The molecule has 0 saturated heterocycles. The lowest BCUT2D eigenvalue weighted by Gasteiger charge is -2.22. The minimum Gasteiger partial charge on any atom is -0.484 e. The molecule has 0 aromatic heterocycles. The molecule has 0 unspecified atom stereocenters. The number of benzene rings is 1. The number of ether oxygens (including phenoxy) is 1. The molecule has 1 aromatic carbocycles. The van der Waals surface area contributed by atoms with Gasteiger partial charge in [0.1, 0.15) is 5.75 Å². The third-order valence-corrected chi connectivity index (χ3v) is 6.61. The Balaban J connectivity index is 1.44. The molecule has 2 bridgehead atoms. The summed E-state index contributed by atoms with van der Waals surface area (Å²) in [4.78, 5) is 12.1. The third kappa shape index (κ3) is 4.73. The van der Waals surface area contributed by atoms with Crippen LogP contribution in [0.25, 0.3) is 0 Å². The zero-order chi connectivity index (χ0) is 18.0. The molecule has 0 spiro atoms. The number of sulfonamides is 1. The number of rotatable bonds is 7. The van der Waals surface area contributed by atoms with Crippen LogP contribution in [-0.4, -0.2) is 44.6 Å². The van der Waals surface area contributed by atoms with Gasteiger partial charge in [-0.25, -0.2) is 12.7 Å². The predicted octanol–water partition coefficient (Wildman–Crippen LogP) is 1.76. The van der Waals surface area contributed by atoms with Crippen LogP contribution in [0.1, 0.15) is 31.2 Å². The van der Waals surface area contributed by atoms with E-state index >= 15 is 0 Å². The molecule has 25 heavy (non-hydrogen) atoms. The van der Waals surface area contributed by atoms with Crippen LogP contribution >= 0.6 is 0 Å². The monoisotopic (exact) mass is 366 g/mol. The van der Waals surface area contributed by atoms with Crippen LogP contribution < -0.4 is 10.1 Å². The third-order valence-electron chi connectivity index (χ3n) is 5.35. The summed E-state index contributed by atoms with van der Waals surface area (Å²) in [6.45, 7) is 0.320. The molecule has 0 aliphatic heterocycles. The smallest absolute Gasteiger partial charge is 0.258 e. The van der Waals surface area contributed by atoms with Crippen molar-refractivity contribution in [3.05, 3.63) is 29.8 Å². The van der Waals surface area contributed by atoms with E-state index in [0.29, 0.717) is 24.3 Å². The topological polar surface area (TPSA) is 75.7 Å². The fraction of sp³-hybridized carbons (Fsp3) is 0.611. The number of hydrogen-bond acceptors (Lipinski definition) is 4. The Hall–Kier alpha value is -1.60. The van der Waals surface area contributed by atoms with Gasteiger partial charge in [0.05, 0.1) is 6.26 Å². The van der Waals surface area contributed by atoms with Crippen molar-refractivity contribution in [2.45, 2.75) is 38.3 Å². The van der Waals surface area contributed by atoms with E-state index in [1.54, 1.807) is 19.2 Å². The van der Waals surface area contributed by atoms with Crippen LogP contribution in [0.5, 0.6) is 5.75 Å². The minimum atomic E-state index is -3.20. The number of amides is 1. The van der Waals surface area contributed by atoms with Crippen LogP contribution in [0.3, 0.4) is 0 Å². The Bertz CT molecular complexity index is 717. The maximum Gasteiger partial charge on any atom is 0.258 e. The van der Waals surface area contributed by atoms with Crippen molar-refractivity contribution in [3.63, 3.8) is 0 Å². The van der Waals surface area contributed by atoms with Gasteiger partial charge in [-0.3, -0.25) is 4.79 Å². The summed E-state index contributed by atoms with van der Waals surface area (Å²) in [6.07, 6.45) is 6.10. The van der Waals surface area contributed by atoms with Gasteiger partial charge in [0.2, 0.25) is 10.0 Å². The zero-order valence-electron chi connectivity index (χ0n) is 14.8. The molecule has 0 heterocycles. The Morgan fingerprint density at radius 2 is 1.96 bits per heavy atom. The second-order valence-electron chi connectivity index (χ2n) is 7.30. The molecule has 3 rings (SSSR count). The highest BCUT2D eigenvalue weighted by Gasteiger charge is 2.40. The number of nitrogens with zero attached hydrogens (tertiary/aromatic N) is 1. The molecule has 0 radical (unpaired) electrons. The molecule has 3 atom stereocenters. The summed E-state index contributed by atoms with van der Waals surface area (Å²) in [5.41, 5.74) is 0.867. The van der Waals surface area contributed by atoms with Gasteiger partial charge in [0.15, 0.2) is 6.61 Å². The van der Waals surface area contributed by atoms with Crippen LogP contribution in [0, 0.1) is 11.8 Å². The largest absolute Gasteiger partial charge is 0.484 e. The summed E-state index contributed by atoms with van der Waals surface area (Å²) in [7, 11) is -1.66. The first-order valence-electron chi connectivity index (χ1n) is 8.73. The van der Waals surface area contributed by atoms with Gasteiger partial charge in [-0.2, -0.15) is 0 Å². The van der Waals surface area contributed by atoms with Gasteiger partial charge in [-0.15, -0.1) is 0 Å². The molecule has 6 nitrogen and oxygen atoms in total. The zero-order valence-corrected chi connectivity index (χ0v) is 15.6. The molecule has 2 saturated carbocycles. The standard InChI is InChI=1S/C18H26N2O4S/c1-20(25(2,22)23)11-13-4-7-16(8-5-13)24-12-18(21)19-17-10-14-3-6-15(17)9-14/h4-5,7-8,14-15,17H,3,6,9-12H2,1-2H3,(H,19,21)/t14-,15-,17-/m0/s1. The van der Waals surface area contributed by atoms with E-state index in [9.17, 15) is 13.2 Å². The summed E-state index contributed by atoms with van der Waals surface area (Å²) >= 11 is 0. The fourth-order valence-corrected chi connectivity index (χ4v) is 4.27. The molecule has 1 aromatic rings. The average molecular weight is 366 g/mol. The van der Waals surface area contributed by atoms with Gasteiger partial charge in [0.25, 0.3) is 5.91 Å². The lowest BCUT2D eigenvalue weighted by atomic mass is 9.95. The maximum absolute atomic E-state index is 12.1. The molecule has 1 N–H and O–H groups in total. The molecule has 138 valence electrons. The number of nitrogens with one attached hydrogen (secondary N) is 1. The molecular weight excluding hydrogens is 340 g/mol. The van der Waals surface area contributed by atoms with E-state index in [2.05, 4.69) is 5.32 Å². The second-order valence-corrected chi connectivity index (χ2v) is 9.39. The number of hydrogen-bond donors (Lipinski definition) is 1. The molecule has 1 amide bonds. The Kier molecular flexibility index (Phi) is 5.34. The highest BCUT2D eigenvalue weighted by atomic mass is 32.2. The Labute approximate surface area is 149 Å². The van der Waals surface area contributed by atoms with E-state index in [0.717, 1.165) is 17.9 Å². The number of fused-ring (bicyclic) bond motifs is 2. The Morgan fingerprint density at radius 3 is 2.52 bits per heavy atom. The highest BCUT2D eigenvalue weighted by Crippen LogP contribution is 2.44. The van der Waals surface area contributed by atoms with Crippen LogP contribution in [0.2, 0.25) is 0 Å². The quantitative estimate of drug-likeness (QED) is 0.798. The number of carbonyl (C=O) groups is 1. The SMILES string of the molecule is CN(Cc1ccc(OCC(=O)N[C@H]2C[C@H]3CC[C@H]2C3)cc1)S(C)(=O)=O. The van der Waals surface area contributed by atoms with Gasteiger partial charge in [0, 0.05) is 19.6 Å². The van der Waals surface area contributed by atoms with Crippen molar-refractivity contribution in [3.8, 4) is 5.75 Å². The minimum absolute atomic E-state index is 0.0104. The highest BCUT2D eigenvalue weighted by molar-refractivity contribution is 7.88. The molecule has 7 heteroatoms. The molecule has 2 aliphatic carbocycles. The van der Waals surface area contributed by atoms with E-state index in [-0.39, 0.29) is 12.5 Å². The van der Waals surface area contributed by atoms with E-state index in [1.807, 2.05) is 12.1 Å². The van der Waals surface area contributed by atoms with Crippen molar-refractivity contribution < 1.29 is 17.9 Å². The first-order valence-corrected chi connectivity index (χ1v) is 10.6. The molecule has 2 fully saturated rings. The van der Waals surface area contributed by atoms with Crippen molar-refractivity contribution in [2.24, 2.45) is 11.8 Å². The van der Waals surface area contributed by atoms with Crippen molar-refractivity contribution in [1.29, 1.82) is 0 Å². The normalized spacial score (nSPS) is 25.3. The van der Waals surface area contributed by atoms with Crippen LogP contribution in [0.15, 0.2) is 24.3 Å². The van der Waals surface area contributed by atoms with E-state index in [4.69, 9.17) is 4.74 Å². The van der Waals surface area contributed by atoms with Crippen molar-refractivity contribution >= 4 is 15.9 Å². The van der Waals surface area contributed by atoms with Gasteiger partial charge >= 0.3 is 0 Å². The van der Waals surface area contributed by atoms with Gasteiger partial charge in [-0.1, -0.05) is 18.6 Å².